The summed E-state index contributed by atoms with van der Waals surface area (Å²) in [5.74, 6) is 1.74. The Morgan fingerprint density at radius 2 is 2.00 bits per heavy atom. The smallest absolute Gasteiger partial charge is 0.0270 e. The van der Waals surface area contributed by atoms with Crippen LogP contribution in [-0.2, 0) is 0 Å². The quantitative estimate of drug-likeness (QED) is 0.572. The first-order chi connectivity index (χ1) is 4.88. The van der Waals surface area contributed by atoms with Gasteiger partial charge in [0.25, 0.3) is 0 Å². The summed E-state index contributed by atoms with van der Waals surface area (Å²) in [5.41, 5.74) is 1.46. The summed E-state index contributed by atoms with van der Waals surface area (Å²) in [5, 5.41) is 0. The molecule has 1 nitrogen and oxygen atoms in total. The Kier molecular flexibility index (Phi) is 1.23. The van der Waals surface area contributed by atoms with Crippen molar-refractivity contribution in [3.63, 3.8) is 0 Å². The standard InChI is InChI=1S/C9H11N/c1-7-6-9(7)8-2-4-10-5-3-8/h2-5,7,9H,6H2,1H3/t7-,9+/m1/s1. The van der Waals surface area contributed by atoms with Crippen LogP contribution in [0.1, 0.15) is 24.8 Å². The Labute approximate surface area is 61.1 Å². The van der Waals surface area contributed by atoms with Crippen molar-refractivity contribution < 1.29 is 0 Å². The molecule has 1 saturated carbocycles. The normalized spacial score (nSPS) is 30.1. The van der Waals surface area contributed by atoms with Crippen molar-refractivity contribution in [2.24, 2.45) is 5.92 Å². The molecule has 52 valence electrons. The van der Waals surface area contributed by atoms with Crippen molar-refractivity contribution in [2.45, 2.75) is 19.3 Å². The van der Waals surface area contributed by atoms with Crippen molar-refractivity contribution in [1.29, 1.82) is 0 Å². The van der Waals surface area contributed by atoms with Gasteiger partial charge < -0.3 is 0 Å². The van der Waals surface area contributed by atoms with Gasteiger partial charge in [0, 0.05) is 12.4 Å². The molecule has 1 heterocycles. The maximum absolute atomic E-state index is 3.98. The molecule has 0 aliphatic heterocycles. The lowest BCUT2D eigenvalue weighted by atomic mass is 10.1. The zero-order valence-corrected chi connectivity index (χ0v) is 6.12. The van der Waals surface area contributed by atoms with E-state index in [1.165, 1.54) is 12.0 Å². The molecular weight excluding hydrogens is 122 g/mol. The van der Waals surface area contributed by atoms with Gasteiger partial charge in [-0.1, -0.05) is 6.92 Å². The Bertz CT molecular complexity index is 217. The highest BCUT2D eigenvalue weighted by Gasteiger charge is 2.33. The third-order valence-corrected chi connectivity index (χ3v) is 2.24. The fraction of sp³-hybridized carbons (Fsp3) is 0.444. The molecule has 1 aromatic heterocycles. The zero-order chi connectivity index (χ0) is 6.97. The van der Waals surface area contributed by atoms with E-state index in [0.717, 1.165) is 11.8 Å². The summed E-state index contributed by atoms with van der Waals surface area (Å²) >= 11 is 0. The second-order valence-corrected chi connectivity index (χ2v) is 3.10. The minimum Gasteiger partial charge on any atom is -0.265 e. The number of hydrogen-bond acceptors (Lipinski definition) is 1. The molecule has 1 aromatic rings. The molecule has 1 heteroatoms. The van der Waals surface area contributed by atoms with Gasteiger partial charge in [-0.05, 0) is 36.0 Å². The monoisotopic (exact) mass is 133 g/mol. The van der Waals surface area contributed by atoms with Crippen molar-refractivity contribution in [1.82, 2.24) is 4.98 Å². The topological polar surface area (TPSA) is 12.9 Å². The lowest BCUT2D eigenvalue weighted by molar-refractivity contribution is 0.912. The van der Waals surface area contributed by atoms with Crippen LogP contribution in [0, 0.1) is 5.92 Å². The highest BCUT2D eigenvalue weighted by molar-refractivity contribution is 5.22. The summed E-state index contributed by atoms with van der Waals surface area (Å²) in [6.07, 6.45) is 5.12. The van der Waals surface area contributed by atoms with Crippen molar-refractivity contribution >= 4 is 0 Å². The summed E-state index contributed by atoms with van der Waals surface area (Å²) in [6, 6.07) is 4.24. The Balaban J connectivity index is 2.20. The Morgan fingerprint density at radius 3 is 2.50 bits per heavy atom. The lowest BCUT2D eigenvalue weighted by Gasteiger charge is -1.93. The van der Waals surface area contributed by atoms with Crippen molar-refractivity contribution in [3.8, 4) is 0 Å². The van der Waals surface area contributed by atoms with Crippen LogP contribution >= 0.6 is 0 Å². The van der Waals surface area contributed by atoms with E-state index in [9.17, 15) is 0 Å². The van der Waals surface area contributed by atoms with E-state index in [0.29, 0.717) is 0 Å². The van der Waals surface area contributed by atoms with E-state index in [1.54, 1.807) is 0 Å². The zero-order valence-electron chi connectivity index (χ0n) is 6.12. The van der Waals surface area contributed by atoms with Crippen molar-refractivity contribution in [2.75, 3.05) is 0 Å². The number of hydrogen-bond donors (Lipinski definition) is 0. The fourth-order valence-electron chi connectivity index (χ4n) is 1.40. The molecule has 0 bridgehead atoms. The summed E-state index contributed by atoms with van der Waals surface area (Å²) in [4.78, 5) is 3.98. The number of nitrogens with zero attached hydrogens (tertiary/aromatic N) is 1. The fourth-order valence-corrected chi connectivity index (χ4v) is 1.40. The molecule has 0 aromatic carbocycles. The second kappa shape index (κ2) is 2.08. The first-order valence-corrected chi connectivity index (χ1v) is 3.78. The average molecular weight is 133 g/mol. The van der Waals surface area contributed by atoms with E-state index in [1.807, 2.05) is 12.4 Å². The van der Waals surface area contributed by atoms with Crippen LogP contribution in [0.15, 0.2) is 24.5 Å². The highest BCUT2D eigenvalue weighted by Crippen LogP contribution is 2.46. The maximum Gasteiger partial charge on any atom is 0.0270 e. The lowest BCUT2D eigenvalue weighted by Crippen LogP contribution is -1.79. The second-order valence-electron chi connectivity index (χ2n) is 3.10. The Morgan fingerprint density at radius 1 is 1.40 bits per heavy atom. The molecule has 2 rings (SSSR count). The molecule has 0 radical (unpaired) electrons. The van der Waals surface area contributed by atoms with Gasteiger partial charge in [-0.15, -0.1) is 0 Å². The summed E-state index contributed by atoms with van der Waals surface area (Å²) in [6.45, 7) is 2.30. The van der Waals surface area contributed by atoms with Gasteiger partial charge in [0.15, 0.2) is 0 Å². The number of pyridine rings is 1. The van der Waals surface area contributed by atoms with Crippen LogP contribution in [0.4, 0.5) is 0 Å². The molecular formula is C9H11N. The SMILES string of the molecule is C[C@@H]1C[C@@H]1c1ccncc1. The van der Waals surface area contributed by atoms with E-state index >= 15 is 0 Å². The van der Waals surface area contributed by atoms with E-state index in [4.69, 9.17) is 0 Å². The minimum absolute atomic E-state index is 0.836. The number of rotatable bonds is 1. The highest BCUT2D eigenvalue weighted by atomic mass is 14.6. The molecule has 0 N–H and O–H groups in total. The predicted molar refractivity (Wildman–Crippen MR) is 40.8 cm³/mol. The van der Waals surface area contributed by atoms with Crippen LogP contribution in [0.5, 0.6) is 0 Å². The molecule has 0 amide bonds. The van der Waals surface area contributed by atoms with Crippen LogP contribution in [0.3, 0.4) is 0 Å². The third-order valence-electron chi connectivity index (χ3n) is 2.24. The van der Waals surface area contributed by atoms with Gasteiger partial charge in [0.05, 0.1) is 0 Å². The first kappa shape index (κ1) is 5.90. The van der Waals surface area contributed by atoms with Crippen molar-refractivity contribution in [3.05, 3.63) is 30.1 Å². The van der Waals surface area contributed by atoms with Gasteiger partial charge in [-0.25, -0.2) is 0 Å². The molecule has 1 fully saturated rings. The number of aromatic nitrogens is 1. The maximum atomic E-state index is 3.98. The molecule has 0 spiro atoms. The molecule has 0 unspecified atom stereocenters. The molecule has 1 aliphatic rings. The predicted octanol–water partition coefficient (Wildman–Crippen LogP) is 2.21. The first-order valence-electron chi connectivity index (χ1n) is 3.78. The Hall–Kier alpha value is -0.850. The van der Waals surface area contributed by atoms with Crippen LogP contribution < -0.4 is 0 Å². The van der Waals surface area contributed by atoms with Gasteiger partial charge in [0.2, 0.25) is 0 Å². The van der Waals surface area contributed by atoms with Gasteiger partial charge in [-0.3, -0.25) is 4.98 Å². The van der Waals surface area contributed by atoms with Gasteiger partial charge in [0.1, 0.15) is 0 Å². The van der Waals surface area contributed by atoms with E-state index < -0.39 is 0 Å². The van der Waals surface area contributed by atoms with Gasteiger partial charge in [-0.2, -0.15) is 0 Å². The van der Waals surface area contributed by atoms with Gasteiger partial charge >= 0.3 is 0 Å². The van der Waals surface area contributed by atoms with Crippen LogP contribution in [0.2, 0.25) is 0 Å². The largest absolute Gasteiger partial charge is 0.265 e. The van der Waals surface area contributed by atoms with Crippen LogP contribution in [0.25, 0.3) is 0 Å². The molecule has 2 atom stereocenters. The molecule has 10 heavy (non-hydrogen) atoms. The third kappa shape index (κ3) is 0.919. The summed E-state index contributed by atoms with van der Waals surface area (Å²) < 4.78 is 0. The van der Waals surface area contributed by atoms with E-state index in [-0.39, 0.29) is 0 Å². The average Bonchev–Trinajstić information content (AvgIpc) is 2.69. The van der Waals surface area contributed by atoms with E-state index in [2.05, 4.69) is 24.0 Å². The summed E-state index contributed by atoms with van der Waals surface area (Å²) in [7, 11) is 0. The minimum atomic E-state index is 0.836. The molecule has 1 aliphatic carbocycles. The molecule has 0 saturated heterocycles. The van der Waals surface area contributed by atoms with Crippen LogP contribution in [-0.4, -0.2) is 4.98 Å².